The average Bonchev–Trinajstić information content (AvgIpc) is 0.863. The Kier molecular flexibility index (Phi) is 75.6. The fourth-order valence-electron chi connectivity index (χ4n) is 11.3. The zero-order valence-electron chi connectivity index (χ0n) is 93.2. The van der Waals surface area contributed by atoms with Crippen molar-refractivity contribution in [2.24, 2.45) is 148 Å². The van der Waals surface area contributed by atoms with Gasteiger partial charge in [-0.15, -0.1) is 0 Å². The standard InChI is InChI=1S/2C14H26O2.2C13H24O2.2C11H20O2.C9H17NO2.C9H19NO.C8H16O.C7H14O.CH4/c1-9(2)11(4)12(15)8-10(3)13(16)14(5,6)7;1-9(2)11(8-12(15)10(3)4)13(16)14(5,6)7;1-9(2)10(3)11(14)7-8-12(15)13(4,5)6;1-7-10(14)8-11(9(2)3)12(15)13(4,5)6;1-8(2)9(12)6-7-10(13)11(3,4)5;1-6-9(12)7-8(2)10(13)11(3,4)5;1-9(2,3)8(12)5-4-7(11)6-10;1-6(2)7(10)8(11)9(3,4)5;1-6(2)7(9)8(3,4)5;1-5-6(8)7(2,3)4;/h2*9-11H,8H2,1-7H3;9-10H,7-8H2,1-6H3;9,11H,7-8H2,1-6H3;2*8H,6-7H2,1-5H3;4-6,10H2,1-3H3;6-7H,10H2,1-5H3;6H,1-5H3;5H2,1-4H3;1H4. The highest BCUT2D eigenvalue weighted by molar-refractivity contribution is 5.95. The van der Waals surface area contributed by atoms with Crippen LogP contribution in [-0.4, -0.2) is 111 Å². The molecule has 0 aliphatic carbocycles. The Morgan fingerprint density at radius 3 is 0.682 bits per heavy atom. The zero-order valence-corrected chi connectivity index (χ0v) is 93.2. The molecule has 0 aromatic rings. The summed E-state index contributed by atoms with van der Waals surface area (Å²) in [5.41, 5.74) is 7.88. The first-order chi connectivity index (χ1) is 56.5. The molecule has 0 bridgehead atoms. The van der Waals surface area contributed by atoms with Crippen molar-refractivity contribution >= 4 is 98.3 Å². The summed E-state index contributed by atoms with van der Waals surface area (Å²) in [6.45, 7) is 102. The second-order valence-electron chi connectivity index (χ2n) is 48.2. The van der Waals surface area contributed by atoms with Gasteiger partial charge in [0.05, 0.1) is 12.6 Å². The lowest BCUT2D eigenvalue weighted by Gasteiger charge is -2.27. The summed E-state index contributed by atoms with van der Waals surface area (Å²) < 4.78 is 0. The van der Waals surface area contributed by atoms with Crippen molar-refractivity contribution in [1.82, 2.24) is 0 Å². The Morgan fingerprint density at radius 1 is 0.225 bits per heavy atom. The van der Waals surface area contributed by atoms with Crippen molar-refractivity contribution in [1.29, 1.82) is 0 Å². The van der Waals surface area contributed by atoms with E-state index in [1.807, 2.05) is 367 Å². The van der Waals surface area contributed by atoms with Gasteiger partial charge >= 0.3 is 0 Å². The van der Waals surface area contributed by atoms with Crippen LogP contribution in [0.15, 0.2) is 0 Å². The molecule has 0 aromatic heterocycles. The maximum atomic E-state index is 12.2. The quantitative estimate of drug-likeness (QED) is 0.0588. The highest BCUT2D eigenvalue weighted by Gasteiger charge is 2.37. The van der Waals surface area contributed by atoms with E-state index in [-0.39, 0.29) is 238 Å². The third-order valence-electron chi connectivity index (χ3n) is 21.9. The molecule has 4 N–H and O–H groups in total. The van der Waals surface area contributed by atoms with Crippen molar-refractivity contribution in [3.8, 4) is 0 Å². The molecule has 762 valence electrons. The summed E-state index contributed by atoms with van der Waals surface area (Å²) in [4.78, 5) is 196. The SMILES string of the molecule is C.CC(C)(C)C(=O)CCC(=O)CN.CC(C)C(=O)C(C)(C)C.CC(C)C(=O)CC(C(=O)C(C)(C)C)C(C)C.CC(C)C(=O)CCC(=O)C(C)(C)C.CC(C)C(C)C(=O)CCC(=O)C(C)(C)C.CC(C)C(N)C(=O)C(C)(C)C.CC(CC(=O)C(C)C(C)C)C(=O)C(C)(C)C.CCC(=O)C(C)(C)C.CCC(=O)CC(C(=O)C(C)(C)C)C(C)C.CCC(=O)CC(C)C(=O)C(C)(C)C. The number of ketones is 17. The van der Waals surface area contributed by atoms with Gasteiger partial charge in [-0.3, -0.25) is 81.5 Å². The Balaban J connectivity index is -0.000000134. The van der Waals surface area contributed by atoms with Crippen LogP contribution in [0.5, 0.6) is 0 Å². The molecule has 19 nitrogen and oxygen atoms in total. The molecule has 0 fully saturated rings. The van der Waals surface area contributed by atoms with Crippen LogP contribution in [-0.2, 0) is 81.5 Å². The van der Waals surface area contributed by atoms with Crippen molar-refractivity contribution < 1.29 is 81.5 Å². The average molecular weight is 1830 g/mol. The monoisotopic (exact) mass is 1830 g/mol. The lowest BCUT2D eigenvalue weighted by Crippen LogP contribution is -2.42. The number of nitrogens with two attached hydrogens (primary N) is 2. The first-order valence-corrected chi connectivity index (χ1v) is 48.0. The molecule has 7 unspecified atom stereocenters. The van der Waals surface area contributed by atoms with Crippen LogP contribution in [0.3, 0.4) is 0 Å². The molecule has 0 spiro atoms. The summed E-state index contributed by atoms with van der Waals surface area (Å²) in [5, 5.41) is 0. The normalized spacial score (nSPS) is 13.5. The van der Waals surface area contributed by atoms with Gasteiger partial charge in [0.1, 0.15) is 92.5 Å². The number of rotatable bonds is 36. The number of hydrogen-bond donors (Lipinski definition) is 2. The van der Waals surface area contributed by atoms with Crippen LogP contribution >= 0.6 is 0 Å². The summed E-state index contributed by atoms with van der Waals surface area (Å²) in [7, 11) is 0. The predicted molar refractivity (Wildman–Crippen MR) is 543 cm³/mol. The Bertz CT molecular complexity index is 3350. The molecule has 0 rings (SSSR count). The Labute approximate surface area is 794 Å². The fourth-order valence-corrected chi connectivity index (χ4v) is 11.3. The van der Waals surface area contributed by atoms with Gasteiger partial charge in [-0.25, -0.2) is 0 Å². The highest BCUT2D eigenvalue weighted by atomic mass is 16.2. The van der Waals surface area contributed by atoms with E-state index in [4.69, 9.17) is 11.5 Å². The van der Waals surface area contributed by atoms with E-state index >= 15 is 0 Å². The van der Waals surface area contributed by atoms with E-state index in [2.05, 4.69) is 0 Å². The topological polar surface area (TPSA) is 342 Å². The van der Waals surface area contributed by atoms with Crippen molar-refractivity contribution in [3.63, 3.8) is 0 Å². The molecule has 0 aromatic carbocycles. The van der Waals surface area contributed by atoms with Crippen molar-refractivity contribution in [2.75, 3.05) is 6.54 Å². The lowest BCUT2D eigenvalue weighted by molar-refractivity contribution is -0.135. The fraction of sp³-hybridized carbons (Fsp3) is 0.845. The molecule has 7 atom stereocenters. The minimum Gasteiger partial charge on any atom is -0.324 e. The van der Waals surface area contributed by atoms with Crippen LogP contribution in [0.25, 0.3) is 0 Å². The lowest BCUT2D eigenvalue weighted by atomic mass is 9.75. The number of carbonyl (C=O) groups is 17. The molecule has 0 radical (unpaired) electrons. The highest BCUT2D eigenvalue weighted by Crippen LogP contribution is 2.32. The number of carbonyl (C=O) groups excluding carboxylic acids is 17. The largest absolute Gasteiger partial charge is 0.324 e. The van der Waals surface area contributed by atoms with E-state index in [1.54, 1.807) is 0 Å². The molecular formula is C110H210N2O17. The van der Waals surface area contributed by atoms with Crippen LogP contribution in [0.2, 0.25) is 0 Å². The molecule has 19 heteroatoms. The third-order valence-corrected chi connectivity index (χ3v) is 21.9. The minimum atomic E-state index is -0.355. The van der Waals surface area contributed by atoms with Gasteiger partial charge in [0.2, 0.25) is 0 Å². The molecule has 0 heterocycles. The number of Topliss-reactive ketones (excluding diaryl/α,β-unsaturated/α-hetero) is 17. The summed E-state index contributed by atoms with van der Waals surface area (Å²) >= 11 is 0. The second kappa shape index (κ2) is 66.7. The van der Waals surface area contributed by atoms with Gasteiger partial charge in [0.25, 0.3) is 0 Å². The Hall–Kier alpha value is -5.69. The van der Waals surface area contributed by atoms with E-state index < -0.39 is 0 Å². The molecule has 129 heavy (non-hydrogen) atoms. The van der Waals surface area contributed by atoms with E-state index in [0.717, 1.165) is 0 Å². The molecule has 0 amide bonds. The van der Waals surface area contributed by atoms with Gasteiger partial charge in [0.15, 0.2) is 5.78 Å². The molecular weight excluding hydrogens is 1620 g/mol. The van der Waals surface area contributed by atoms with Gasteiger partial charge < -0.3 is 11.5 Å². The van der Waals surface area contributed by atoms with Crippen LogP contribution < -0.4 is 11.5 Å². The molecule has 0 aliphatic rings. The van der Waals surface area contributed by atoms with Gasteiger partial charge in [-0.1, -0.05) is 374 Å². The van der Waals surface area contributed by atoms with Crippen molar-refractivity contribution in [3.05, 3.63) is 0 Å². The second-order valence-corrected chi connectivity index (χ2v) is 48.2. The van der Waals surface area contributed by atoms with Crippen LogP contribution in [0.1, 0.15) is 458 Å². The molecule has 0 saturated heterocycles. The smallest absolute Gasteiger partial charge is 0.155 e. The van der Waals surface area contributed by atoms with Crippen LogP contribution in [0, 0.1) is 137 Å². The first-order valence-electron chi connectivity index (χ1n) is 48.0. The predicted octanol–water partition coefficient (Wildman–Crippen LogP) is 26.1. The number of hydrogen-bond acceptors (Lipinski definition) is 19. The molecule has 0 aliphatic heterocycles. The van der Waals surface area contributed by atoms with Crippen molar-refractivity contribution in [2.45, 2.75) is 464 Å². The minimum absolute atomic E-state index is 0. The zero-order chi connectivity index (χ0) is 105. The van der Waals surface area contributed by atoms with Gasteiger partial charge in [-0.2, -0.15) is 0 Å². The third kappa shape index (κ3) is 75.3. The van der Waals surface area contributed by atoms with Gasteiger partial charge in [0, 0.05) is 191 Å². The summed E-state index contributed by atoms with van der Waals surface area (Å²) in [6, 6.07) is -0.310. The first kappa shape index (κ1) is 146. The van der Waals surface area contributed by atoms with E-state index in [9.17, 15) is 81.5 Å². The maximum Gasteiger partial charge on any atom is 0.155 e. The van der Waals surface area contributed by atoms with E-state index in [1.165, 1.54) is 0 Å². The van der Waals surface area contributed by atoms with E-state index in [0.29, 0.717) is 100 Å². The maximum absolute atomic E-state index is 12.2. The van der Waals surface area contributed by atoms with Gasteiger partial charge in [-0.05, 0) is 29.6 Å². The Morgan fingerprint density at radius 2 is 0.481 bits per heavy atom. The van der Waals surface area contributed by atoms with Crippen LogP contribution in [0.4, 0.5) is 0 Å². The summed E-state index contributed by atoms with van der Waals surface area (Å²) in [5.74, 6) is 4.39. The summed E-state index contributed by atoms with van der Waals surface area (Å²) in [6.07, 6.45) is 5.47. The molecule has 0 saturated carbocycles.